The van der Waals surface area contributed by atoms with Crippen molar-refractivity contribution in [3.8, 4) is 11.3 Å². The van der Waals surface area contributed by atoms with Crippen molar-refractivity contribution >= 4 is 0 Å². The molecule has 0 saturated heterocycles. The van der Waals surface area contributed by atoms with Gasteiger partial charge in [0.25, 0.3) is 0 Å². The molecule has 0 bridgehead atoms. The van der Waals surface area contributed by atoms with Crippen LogP contribution in [0.4, 0.5) is 0 Å². The fourth-order valence-corrected chi connectivity index (χ4v) is 2.57. The van der Waals surface area contributed by atoms with Crippen LogP contribution in [0.2, 0.25) is 0 Å². The average molecular weight is 268 g/mol. The summed E-state index contributed by atoms with van der Waals surface area (Å²) in [4.78, 5) is 0. The zero-order valence-corrected chi connectivity index (χ0v) is 13.8. The zero-order valence-electron chi connectivity index (χ0n) is 13.8. The molecule has 0 radical (unpaired) electrons. The smallest absolute Gasteiger partial charge is 0.198 e. The minimum atomic E-state index is 0.203. The molecule has 2 aromatic rings. The Labute approximate surface area is 123 Å². The highest BCUT2D eigenvalue weighted by molar-refractivity contribution is 5.62. The third kappa shape index (κ3) is 2.63. The maximum Gasteiger partial charge on any atom is 0.212 e. The van der Waals surface area contributed by atoms with Gasteiger partial charge in [0.05, 0.1) is 0 Å². The van der Waals surface area contributed by atoms with Gasteiger partial charge in [0.1, 0.15) is 7.05 Å². The van der Waals surface area contributed by atoms with Crippen LogP contribution < -0.4 is 4.57 Å². The maximum absolute atomic E-state index is 2.32. The second-order valence-corrected chi connectivity index (χ2v) is 6.83. The Morgan fingerprint density at radius 1 is 0.850 bits per heavy atom. The first-order valence-electron chi connectivity index (χ1n) is 7.29. The molecule has 0 N–H and O–H groups in total. The van der Waals surface area contributed by atoms with Gasteiger partial charge >= 0.3 is 0 Å². The number of benzene rings is 1. The minimum absolute atomic E-state index is 0.203. The molecule has 0 fully saturated rings. The molecular formula is C19H26N+. The van der Waals surface area contributed by atoms with Gasteiger partial charge < -0.3 is 0 Å². The predicted molar refractivity (Wildman–Crippen MR) is 86.0 cm³/mol. The Bertz CT molecular complexity index is 646. The van der Waals surface area contributed by atoms with Crippen molar-refractivity contribution in [3.05, 3.63) is 52.7 Å². The molecule has 1 aromatic heterocycles. The van der Waals surface area contributed by atoms with Crippen molar-refractivity contribution < 1.29 is 4.57 Å². The van der Waals surface area contributed by atoms with E-state index in [0.29, 0.717) is 0 Å². The van der Waals surface area contributed by atoms with Gasteiger partial charge in [0.2, 0.25) is 5.69 Å². The largest absolute Gasteiger partial charge is 0.212 e. The third-order valence-electron chi connectivity index (χ3n) is 4.29. The highest BCUT2D eigenvalue weighted by Gasteiger charge is 2.19. The van der Waals surface area contributed by atoms with Crippen molar-refractivity contribution in [1.29, 1.82) is 0 Å². The van der Waals surface area contributed by atoms with Gasteiger partial charge in [-0.05, 0) is 42.5 Å². The van der Waals surface area contributed by atoms with Gasteiger partial charge in [-0.1, -0.05) is 32.9 Å². The Balaban J connectivity index is 2.58. The molecule has 1 heterocycles. The molecule has 106 valence electrons. The van der Waals surface area contributed by atoms with Crippen molar-refractivity contribution in [2.24, 2.45) is 7.05 Å². The normalized spacial score (nSPS) is 11.8. The van der Waals surface area contributed by atoms with E-state index in [1.165, 1.54) is 33.6 Å². The summed E-state index contributed by atoms with van der Waals surface area (Å²) in [6.07, 6.45) is 0. The van der Waals surface area contributed by atoms with Gasteiger partial charge in [-0.25, -0.2) is 0 Å². The number of rotatable bonds is 1. The number of nitrogens with zero attached hydrogens (tertiary/aromatic N) is 1. The highest BCUT2D eigenvalue weighted by atomic mass is 14.9. The molecule has 1 aromatic carbocycles. The molecular weight excluding hydrogens is 242 g/mol. The van der Waals surface area contributed by atoms with Crippen LogP contribution in [0, 0.1) is 20.8 Å². The zero-order chi connectivity index (χ0) is 15.1. The molecule has 0 aliphatic carbocycles. The van der Waals surface area contributed by atoms with Crippen LogP contribution >= 0.6 is 0 Å². The van der Waals surface area contributed by atoms with E-state index in [-0.39, 0.29) is 5.41 Å². The summed E-state index contributed by atoms with van der Waals surface area (Å²) >= 11 is 0. The Morgan fingerprint density at radius 2 is 1.50 bits per heavy atom. The number of aryl methyl sites for hydroxylation is 2. The van der Waals surface area contributed by atoms with Crippen LogP contribution in [-0.4, -0.2) is 0 Å². The molecule has 0 aliphatic rings. The van der Waals surface area contributed by atoms with Crippen LogP contribution in [-0.2, 0) is 12.5 Å². The first-order chi connectivity index (χ1) is 9.21. The molecule has 0 unspecified atom stereocenters. The summed E-state index contributed by atoms with van der Waals surface area (Å²) in [6, 6.07) is 11.3. The van der Waals surface area contributed by atoms with Gasteiger partial charge in [-0.15, -0.1) is 0 Å². The van der Waals surface area contributed by atoms with Gasteiger partial charge in [-0.2, -0.15) is 4.57 Å². The monoisotopic (exact) mass is 268 g/mol. The topological polar surface area (TPSA) is 3.88 Å². The Morgan fingerprint density at radius 3 is 2.05 bits per heavy atom. The summed E-state index contributed by atoms with van der Waals surface area (Å²) < 4.78 is 2.29. The van der Waals surface area contributed by atoms with Crippen molar-refractivity contribution in [2.45, 2.75) is 47.0 Å². The van der Waals surface area contributed by atoms with E-state index >= 15 is 0 Å². The van der Waals surface area contributed by atoms with E-state index in [1.807, 2.05) is 0 Å². The lowest BCUT2D eigenvalue weighted by Gasteiger charge is -2.20. The number of hydrogen-bond acceptors (Lipinski definition) is 0. The van der Waals surface area contributed by atoms with Crippen molar-refractivity contribution in [3.63, 3.8) is 0 Å². The van der Waals surface area contributed by atoms with Crippen LogP contribution in [0.3, 0.4) is 0 Å². The average Bonchev–Trinajstić information content (AvgIpc) is 2.36. The lowest BCUT2D eigenvalue weighted by atomic mass is 9.85. The molecule has 0 amide bonds. The molecule has 2 rings (SSSR count). The molecule has 0 spiro atoms. The Kier molecular flexibility index (Phi) is 3.73. The molecule has 1 heteroatoms. The van der Waals surface area contributed by atoms with E-state index < -0.39 is 0 Å². The summed E-state index contributed by atoms with van der Waals surface area (Å²) in [7, 11) is 2.15. The van der Waals surface area contributed by atoms with Gasteiger partial charge in [0, 0.05) is 24.1 Å². The Hall–Kier alpha value is -1.63. The van der Waals surface area contributed by atoms with Gasteiger partial charge in [-0.3, -0.25) is 0 Å². The number of hydrogen-bond donors (Lipinski definition) is 0. The van der Waals surface area contributed by atoms with E-state index in [9.17, 15) is 0 Å². The van der Waals surface area contributed by atoms with Crippen LogP contribution in [0.15, 0.2) is 30.3 Å². The molecule has 0 atom stereocenters. The first-order valence-corrected chi connectivity index (χ1v) is 7.29. The van der Waals surface area contributed by atoms with Crippen LogP contribution in [0.5, 0.6) is 0 Å². The summed E-state index contributed by atoms with van der Waals surface area (Å²) in [5, 5.41) is 0. The fraction of sp³-hybridized carbons (Fsp3) is 0.421. The number of pyridine rings is 1. The lowest BCUT2D eigenvalue weighted by Crippen LogP contribution is -2.35. The SMILES string of the molecule is Cc1cc(C(C)(C)C)ccc1-c1ccc(C)c(C)[n+]1C. The van der Waals surface area contributed by atoms with Gasteiger partial charge in [0.15, 0.2) is 5.69 Å². The van der Waals surface area contributed by atoms with Crippen molar-refractivity contribution in [1.82, 2.24) is 0 Å². The first kappa shape index (κ1) is 14.8. The second-order valence-electron chi connectivity index (χ2n) is 6.83. The molecule has 20 heavy (non-hydrogen) atoms. The maximum atomic E-state index is 2.32. The lowest BCUT2D eigenvalue weighted by molar-refractivity contribution is -0.667. The molecule has 0 saturated carbocycles. The summed E-state index contributed by atoms with van der Waals surface area (Å²) in [5.74, 6) is 0. The summed E-state index contributed by atoms with van der Waals surface area (Å²) in [5.41, 5.74) is 8.20. The van der Waals surface area contributed by atoms with E-state index in [1.54, 1.807) is 0 Å². The molecule has 1 nitrogen and oxygen atoms in total. The second kappa shape index (κ2) is 5.05. The van der Waals surface area contributed by atoms with Crippen molar-refractivity contribution in [2.75, 3.05) is 0 Å². The van der Waals surface area contributed by atoms with E-state index in [0.717, 1.165) is 0 Å². The van der Waals surface area contributed by atoms with Crippen LogP contribution in [0.1, 0.15) is 43.2 Å². The molecule has 0 aliphatic heterocycles. The third-order valence-corrected chi connectivity index (χ3v) is 4.29. The fourth-order valence-electron chi connectivity index (χ4n) is 2.57. The minimum Gasteiger partial charge on any atom is -0.198 e. The van der Waals surface area contributed by atoms with Crippen LogP contribution in [0.25, 0.3) is 11.3 Å². The van der Waals surface area contributed by atoms with E-state index in [2.05, 4.69) is 83.5 Å². The summed E-state index contributed by atoms with van der Waals surface area (Å²) in [6.45, 7) is 13.3. The quantitative estimate of drug-likeness (QED) is 0.675. The standard InChI is InChI=1S/C19H26N/c1-13-8-11-18(20(7)15(13)3)17-10-9-16(12-14(17)2)19(4,5)6/h8-12H,1-7H3/q+1. The number of aromatic nitrogens is 1. The van der Waals surface area contributed by atoms with E-state index in [4.69, 9.17) is 0 Å². The predicted octanol–water partition coefficient (Wildman–Crippen LogP) is 4.40. The highest BCUT2D eigenvalue weighted by Crippen LogP contribution is 2.28.